The molecule has 0 bridgehead atoms. The second kappa shape index (κ2) is 8.12. The molecular formula is C32H41NO6. The van der Waals surface area contributed by atoms with Crippen molar-refractivity contribution < 1.29 is 29.3 Å². The number of fused-ring (bicyclic) bond motifs is 4. The number of aliphatic hydroxyl groups excluding tert-OH is 1. The van der Waals surface area contributed by atoms with E-state index in [2.05, 4.69) is 18.5 Å². The Bertz CT molecular complexity index is 1300. The average Bonchev–Trinajstić information content (AvgIpc) is 3.65. The van der Waals surface area contributed by atoms with Crippen molar-refractivity contribution in [3.05, 3.63) is 54.1 Å². The van der Waals surface area contributed by atoms with Gasteiger partial charge >= 0.3 is 0 Å². The van der Waals surface area contributed by atoms with Gasteiger partial charge in [0, 0.05) is 22.8 Å². The molecule has 7 heteroatoms. The molecule has 210 valence electrons. The fourth-order valence-corrected chi connectivity index (χ4v) is 8.64. The van der Waals surface area contributed by atoms with Crippen molar-refractivity contribution in [1.82, 2.24) is 0 Å². The number of nitrogens with one attached hydrogen (secondary N) is 1. The molecule has 0 aromatic heterocycles. The zero-order chi connectivity index (χ0) is 28.3. The highest BCUT2D eigenvalue weighted by Gasteiger charge is 2.86. The fraction of sp³-hybridized carbons (Fsp3) is 0.625. The number of anilines is 1. The Labute approximate surface area is 230 Å². The summed E-state index contributed by atoms with van der Waals surface area (Å²) in [5.41, 5.74) is -2.15. The summed E-state index contributed by atoms with van der Waals surface area (Å²) in [7, 11) is 0. The van der Waals surface area contributed by atoms with Crippen LogP contribution in [0.15, 0.2) is 43.0 Å². The maximum absolute atomic E-state index is 14.4. The Kier molecular flexibility index (Phi) is 5.60. The molecule has 9 atom stereocenters. The number of hydrogen-bond donors (Lipinski definition) is 3. The number of allylic oxidation sites excluding steroid dienone is 1. The van der Waals surface area contributed by atoms with Crippen LogP contribution in [-0.4, -0.2) is 57.5 Å². The predicted molar refractivity (Wildman–Crippen MR) is 147 cm³/mol. The summed E-state index contributed by atoms with van der Waals surface area (Å²) in [5.74, 6) is -0.457. The van der Waals surface area contributed by atoms with Gasteiger partial charge in [-0.25, -0.2) is 0 Å². The van der Waals surface area contributed by atoms with E-state index in [1.54, 1.807) is 0 Å². The van der Waals surface area contributed by atoms with Gasteiger partial charge in [-0.15, -0.1) is 6.58 Å². The maximum Gasteiger partial charge on any atom is 0.231 e. The number of epoxide rings is 1. The molecule has 1 amide bonds. The Hall–Kier alpha value is -2.32. The number of ether oxygens (including phenoxy) is 2. The van der Waals surface area contributed by atoms with Crippen LogP contribution < -0.4 is 5.32 Å². The number of carbonyl (C=O) groups excluding carboxylic acids is 2. The number of hydrogen-bond acceptors (Lipinski definition) is 6. The van der Waals surface area contributed by atoms with Gasteiger partial charge in [0.2, 0.25) is 5.91 Å². The summed E-state index contributed by atoms with van der Waals surface area (Å²) in [5, 5.41) is 26.9. The molecule has 6 rings (SSSR count). The maximum atomic E-state index is 14.4. The van der Waals surface area contributed by atoms with Crippen molar-refractivity contribution in [1.29, 1.82) is 0 Å². The molecule has 1 aromatic rings. The first kappa shape index (κ1) is 26.9. The van der Waals surface area contributed by atoms with Gasteiger partial charge in [-0.2, -0.15) is 0 Å². The molecule has 1 aromatic carbocycles. The number of carbonyl (C=O) groups is 2. The number of rotatable bonds is 3. The van der Waals surface area contributed by atoms with Gasteiger partial charge in [0.05, 0.1) is 17.2 Å². The van der Waals surface area contributed by atoms with Crippen LogP contribution in [0.4, 0.5) is 5.69 Å². The van der Waals surface area contributed by atoms with Crippen LogP contribution in [-0.2, 0) is 19.7 Å². The highest BCUT2D eigenvalue weighted by atomic mass is 16.7. The highest BCUT2D eigenvalue weighted by molar-refractivity contribution is 6.08. The van der Waals surface area contributed by atoms with Crippen LogP contribution in [0, 0.1) is 16.7 Å². The highest BCUT2D eigenvalue weighted by Crippen LogP contribution is 2.73. The largest absolute Gasteiger partial charge is 0.387 e. The molecule has 4 fully saturated rings. The average molecular weight is 536 g/mol. The van der Waals surface area contributed by atoms with E-state index in [1.165, 1.54) is 0 Å². The Morgan fingerprint density at radius 1 is 1.21 bits per heavy atom. The first-order valence-corrected chi connectivity index (χ1v) is 14.2. The molecule has 2 saturated heterocycles. The second-order valence-corrected chi connectivity index (χ2v) is 13.7. The summed E-state index contributed by atoms with van der Waals surface area (Å²) in [6.45, 7) is 17.7. The number of ketones is 1. The van der Waals surface area contributed by atoms with Crippen LogP contribution in [0.5, 0.6) is 0 Å². The molecule has 3 aliphatic heterocycles. The first-order chi connectivity index (χ1) is 18.2. The number of aliphatic hydroxyl groups is 2. The van der Waals surface area contributed by atoms with E-state index in [0.717, 1.165) is 11.1 Å². The van der Waals surface area contributed by atoms with Crippen molar-refractivity contribution in [3.63, 3.8) is 0 Å². The number of Topliss-reactive ketones (excluding diaryl/α,β-unsaturated/α-hetero) is 1. The van der Waals surface area contributed by atoms with Gasteiger partial charge in [0.1, 0.15) is 23.9 Å². The van der Waals surface area contributed by atoms with Crippen molar-refractivity contribution in [3.8, 4) is 0 Å². The summed E-state index contributed by atoms with van der Waals surface area (Å²) in [6, 6.07) is 5.63. The number of benzene rings is 1. The van der Waals surface area contributed by atoms with E-state index < -0.39 is 46.4 Å². The van der Waals surface area contributed by atoms with Gasteiger partial charge < -0.3 is 25.0 Å². The predicted octanol–water partition coefficient (Wildman–Crippen LogP) is 4.46. The van der Waals surface area contributed by atoms with Crippen molar-refractivity contribution in [2.45, 2.75) is 108 Å². The minimum atomic E-state index is -1.42. The van der Waals surface area contributed by atoms with E-state index >= 15 is 0 Å². The smallest absolute Gasteiger partial charge is 0.231 e. The lowest BCUT2D eigenvalue weighted by atomic mass is 9.39. The summed E-state index contributed by atoms with van der Waals surface area (Å²) >= 11 is 0. The van der Waals surface area contributed by atoms with Gasteiger partial charge in [-0.05, 0) is 68.7 Å². The fourth-order valence-electron chi connectivity index (χ4n) is 8.64. The van der Waals surface area contributed by atoms with Gasteiger partial charge in [-0.3, -0.25) is 9.59 Å². The molecule has 0 unspecified atom stereocenters. The van der Waals surface area contributed by atoms with Crippen LogP contribution in [0.3, 0.4) is 0 Å². The Balaban J connectivity index is 1.43. The van der Waals surface area contributed by atoms with E-state index in [-0.39, 0.29) is 29.4 Å². The van der Waals surface area contributed by atoms with Gasteiger partial charge in [0.15, 0.2) is 11.4 Å². The molecule has 39 heavy (non-hydrogen) atoms. The molecule has 0 radical (unpaired) electrons. The molecule has 5 aliphatic rings. The zero-order valence-corrected chi connectivity index (χ0v) is 23.7. The molecule has 2 saturated carbocycles. The molecule has 7 nitrogen and oxygen atoms in total. The SMILES string of the molecule is C=CC(C)(C)c1ccc2c(c1)NC(=O)[C@@]1(C)[C@@H](CC[C@@]3(O)[C@]45O[C@@H]4[C@@H](O)[C@@H](C(=C)C)O[C@H]5CC[C@@]31C)CC2=O. The summed E-state index contributed by atoms with van der Waals surface area (Å²) in [4.78, 5) is 28.1. The molecular weight excluding hydrogens is 494 g/mol. The summed E-state index contributed by atoms with van der Waals surface area (Å²) in [6.07, 6.45) is 1.53. The van der Waals surface area contributed by atoms with Gasteiger partial charge in [-0.1, -0.05) is 39.5 Å². The van der Waals surface area contributed by atoms with Crippen LogP contribution in [0.1, 0.15) is 82.6 Å². The Morgan fingerprint density at radius 3 is 2.59 bits per heavy atom. The lowest BCUT2D eigenvalue weighted by Crippen LogP contribution is -2.77. The lowest BCUT2D eigenvalue weighted by Gasteiger charge is -2.66. The van der Waals surface area contributed by atoms with Crippen LogP contribution in [0.25, 0.3) is 0 Å². The normalized spacial score (nSPS) is 44.7. The summed E-state index contributed by atoms with van der Waals surface area (Å²) < 4.78 is 12.6. The third-order valence-corrected chi connectivity index (χ3v) is 11.6. The van der Waals surface area contributed by atoms with Crippen LogP contribution >= 0.6 is 0 Å². The van der Waals surface area contributed by atoms with E-state index in [0.29, 0.717) is 36.9 Å². The minimum absolute atomic E-state index is 0.00802. The lowest BCUT2D eigenvalue weighted by molar-refractivity contribution is -0.276. The molecule has 1 spiro atoms. The van der Waals surface area contributed by atoms with E-state index in [4.69, 9.17) is 9.47 Å². The monoisotopic (exact) mass is 535 g/mol. The quantitative estimate of drug-likeness (QED) is 0.390. The van der Waals surface area contributed by atoms with Gasteiger partial charge in [0.25, 0.3) is 0 Å². The third kappa shape index (κ3) is 3.13. The minimum Gasteiger partial charge on any atom is -0.387 e. The second-order valence-electron chi connectivity index (χ2n) is 13.7. The first-order valence-electron chi connectivity index (χ1n) is 14.2. The number of amides is 1. The topological polar surface area (TPSA) is 108 Å². The van der Waals surface area contributed by atoms with E-state index in [9.17, 15) is 19.8 Å². The molecule has 2 aliphatic carbocycles. The van der Waals surface area contributed by atoms with Crippen molar-refractivity contribution in [2.75, 3.05) is 5.32 Å². The third-order valence-electron chi connectivity index (χ3n) is 11.6. The zero-order valence-electron chi connectivity index (χ0n) is 23.7. The standard InChI is InChI=1S/C32H41NO6/c1-8-28(4,5)18-9-10-20-21(15-18)33-27(36)30(7)19(16-22(20)34)11-14-31(37)29(30,6)13-12-23-32(31)26(39-32)24(35)25(38-23)17(2)3/h8-10,15,19,23-26,35,37H,1-2,11-14,16H2,3-7H3,(H,33,36)/t19-,23-,24-,25+,26+,29+,30+,31-,32+/m0/s1. The molecule has 3 N–H and O–H groups in total. The van der Waals surface area contributed by atoms with Crippen LogP contribution in [0.2, 0.25) is 0 Å². The van der Waals surface area contributed by atoms with E-state index in [1.807, 2.05) is 58.9 Å². The van der Waals surface area contributed by atoms with Crippen molar-refractivity contribution >= 4 is 17.4 Å². The van der Waals surface area contributed by atoms with Crippen molar-refractivity contribution in [2.24, 2.45) is 16.7 Å². The molecule has 3 heterocycles. The Morgan fingerprint density at radius 2 is 1.92 bits per heavy atom.